The second-order valence-electron chi connectivity index (χ2n) is 4.21. The summed E-state index contributed by atoms with van der Waals surface area (Å²) < 4.78 is 27.5. The molecule has 1 atom stereocenters. The summed E-state index contributed by atoms with van der Waals surface area (Å²) in [6.45, 7) is 2.06. The third kappa shape index (κ3) is 3.57. The van der Waals surface area contributed by atoms with Crippen molar-refractivity contribution in [2.75, 3.05) is 17.7 Å². The van der Waals surface area contributed by atoms with Crippen molar-refractivity contribution < 1.29 is 17.9 Å². The average Bonchev–Trinajstić information content (AvgIpc) is 2.69. The van der Waals surface area contributed by atoms with Gasteiger partial charge in [0.05, 0.1) is 24.0 Å². The molecule has 0 unspecified atom stereocenters. The van der Waals surface area contributed by atoms with Gasteiger partial charge in [0.1, 0.15) is 0 Å². The maximum atomic E-state index is 11.6. The summed E-state index contributed by atoms with van der Waals surface area (Å²) in [4.78, 5) is 11.6. The number of hydrogen-bond acceptors (Lipinski definition) is 5. The third-order valence-corrected chi connectivity index (χ3v) is 4.05. The molecule has 0 amide bonds. The number of hydrogen-bond donors (Lipinski definition) is 1. The van der Waals surface area contributed by atoms with E-state index < -0.39 is 9.84 Å². The second-order valence-corrected chi connectivity index (χ2v) is 6.14. The van der Waals surface area contributed by atoms with Gasteiger partial charge in [0, 0.05) is 11.1 Å². The van der Waals surface area contributed by atoms with Gasteiger partial charge in [-0.1, -0.05) is 12.1 Å². The molecular weight excluding hydrogens is 266 g/mol. The molecule has 1 aliphatic heterocycles. The van der Waals surface area contributed by atoms with E-state index in [-0.39, 0.29) is 17.8 Å². The Kier molecular flexibility index (Phi) is 3.90. The van der Waals surface area contributed by atoms with E-state index in [1.54, 1.807) is 37.3 Å². The smallest absolute Gasteiger partial charge is 0.338 e. The Balaban J connectivity index is 2.08. The predicted molar refractivity (Wildman–Crippen MR) is 72.7 cm³/mol. The predicted octanol–water partition coefficient (Wildman–Crippen LogP) is 1.59. The highest BCUT2D eigenvalue weighted by Crippen LogP contribution is 2.17. The number of anilines is 1. The van der Waals surface area contributed by atoms with Crippen LogP contribution in [0.1, 0.15) is 17.3 Å². The molecule has 0 aliphatic carbocycles. The zero-order valence-electron chi connectivity index (χ0n) is 10.5. The summed E-state index contributed by atoms with van der Waals surface area (Å²) in [5.74, 6) is -0.350. The molecule has 102 valence electrons. The SMILES string of the molecule is CCOC(=O)c1cccc(N[C@@H]2C=CS(=O)(=O)C2)c1. The van der Waals surface area contributed by atoms with Crippen molar-refractivity contribution in [3.63, 3.8) is 0 Å². The summed E-state index contributed by atoms with van der Waals surface area (Å²) in [6.07, 6.45) is 1.60. The zero-order chi connectivity index (χ0) is 13.9. The number of carbonyl (C=O) groups excluding carboxylic acids is 1. The molecular formula is C13H15NO4S. The summed E-state index contributed by atoms with van der Waals surface area (Å²) in [5.41, 5.74) is 1.13. The number of rotatable bonds is 4. The van der Waals surface area contributed by atoms with E-state index in [4.69, 9.17) is 4.74 Å². The highest BCUT2D eigenvalue weighted by Gasteiger charge is 2.21. The van der Waals surface area contributed by atoms with E-state index in [1.807, 2.05) is 0 Å². The first-order valence-electron chi connectivity index (χ1n) is 5.95. The zero-order valence-corrected chi connectivity index (χ0v) is 11.3. The standard InChI is InChI=1S/C13H15NO4S/c1-2-18-13(15)10-4-3-5-11(8-10)14-12-6-7-19(16,17)9-12/h3-8,12,14H,2,9H2,1H3/t12-/m1/s1. The van der Waals surface area contributed by atoms with Gasteiger partial charge in [0.15, 0.2) is 9.84 Å². The Morgan fingerprint density at radius 2 is 2.26 bits per heavy atom. The Bertz CT molecular complexity index is 607. The van der Waals surface area contributed by atoms with Crippen molar-refractivity contribution in [1.29, 1.82) is 0 Å². The molecule has 2 rings (SSSR count). The Morgan fingerprint density at radius 3 is 2.89 bits per heavy atom. The van der Waals surface area contributed by atoms with Crippen molar-refractivity contribution in [2.24, 2.45) is 0 Å². The fraction of sp³-hybridized carbons (Fsp3) is 0.308. The lowest BCUT2D eigenvalue weighted by atomic mass is 10.2. The first kappa shape index (κ1) is 13.6. The Morgan fingerprint density at radius 1 is 1.47 bits per heavy atom. The van der Waals surface area contributed by atoms with Gasteiger partial charge in [-0.2, -0.15) is 0 Å². The van der Waals surface area contributed by atoms with Gasteiger partial charge in [-0.25, -0.2) is 13.2 Å². The van der Waals surface area contributed by atoms with Crippen LogP contribution < -0.4 is 5.32 Å². The first-order chi connectivity index (χ1) is 9.00. The molecule has 19 heavy (non-hydrogen) atoms. The summed E-state index contributed by atoms with van der Waals surface area (Å²) in [7, 11) is -3.09. The topological polar surface area (TPSA) is 72.5 Å². The van der Waals surface area contributed by atoms with E-state index >= 15 is 0 Å². The lowest BCUT2D eigenvalue weighted by molar-refractivity contribution is 0.0526. The molecule has 0 saturated carbocycles. The van der Waals surface area contributed by atoms with E-state index in [1.165, 1.54) is 5.41 Å². The number of esters is 1. The number of sulfone groups is 1. The van der Waals surface area contributed by atoms with Gasteiger partial charge in [0.2, 0.25) is 0 Å². The van der Waals surface area contributed by atoms with Crippen LogP contribution in [-0.4, -0.2) is 32.8 Å². The maximum absolute atomic E-state index is 11.6. The van der Waals surface area contributed by atoms with Crippen molar-refractivity contribution in [2.45, 2.75) is 13.0 Å². The Labute approximate surface area is 112 Å². The van der Waals surface area contributed by atoms with Crippen LogP contribution in [0.25, 0.3) is 0 Å². The van der Waals surface area contributed by atoms with E-state index in [2.05, 4.69) is 5.32 Å². The highest BCUT2D eigenvalue weighted by atomic mass is 32.2. The van der Waals surface area contributed by atoms with Crippen LogP contribution in [0.3, 0.4) is 0 Å². The van der Waals surface area contributed by atoms with Gasteiger partial charge < -0.3 is 10.1 Å². The molecule has 0 saturated heterocycles. The van der Waals surface area contributed by atoms with Crippen LogP contribution in [0.15, 0.2) is 35.7 Å². The molecule has 5 nitrogen and oxygen atoms in total. The minimum absolute atomic E-state index is 0.0383. The average molecular weight is 281 g/mol. The Hall–Kier alpha value is -1.82. The molecule has 1 heterocycles. The van der Waals surface area contributed by atoms with Gasteiger partial charge in [-0.15, -0.1) is 0 Å². The largest absolute Gasteiger partial charge is 0.462 e. The fourth-order valence-electron chi connectivity index (χ4n) is 1.83. The molecule has 0 fully saturated rings. The second kappa shape index (κ2) is 5.44. The molecule has 0 spiro atoms. The molecule has 1 aliphatic rings. The molecule has 0 bridgehead atoms. The number of ether oxygens (including phenoxy) is 1. The molecule has 0 aromatic heterocycles. The first-order valence-corrected chi connectivity index (χ1v) is 7.66. The highest BCUT2D eigenvalue weighted by molar-refractivity contribution is 7.94. The van der Waals surface area contributed by atoms with Gasteiger partial charge in [-0.3, -0.25) is 0 Å². The number of carbonyl (C=O) groups is 1. The molecule has 1 aromatic rings. The van der Waals surface area contributed by atoms with Crippen molar-refractivity contribution >= 4 is 21.5 Å². The normalized spacial score (nSPS) is 20.2. The molecule has 1 aromatic carbocycles. The van der Waals surface area contributed by atoms with Crippen LogP contribution in [0, 0.1) is 0 Å². The van der Waals surface area contributed by atoms with Gasteiger partial charge in [-0.05, 0) is 25.1 Å². The van der Waals surface area contributed by atoms with E-state index in [9.17, 15) is 13.2 Å². The summed E-state index contributed by atoms with van der Waals surface area (Å²) >= 11 is 0. The quantitative estimate of drug-likeness (QED) is 0.848. The van der Waals surface area contributed by atoms with Crippen LogP contribution in [0.4, 0.5) is 5.69 Å². The monoisotopic (exact) mass is 281 g/mol. The molecule has 1 N–H and O–H groups in total. The van der Waals surface area contributed by atoms with Crippen LogP contribution >= 0.6 is 0 Å². The van der Waals surface area contributed by atoms with Gasteiger partial charge >= 0.3 is 5.97 Å². The third-order valence-electron chi connectivity index (χ3n) is 2.66. The summed E-state index contributed by atoms with van der Waals surface area (Å²) in [5, 5.41) is 4.27. The minimum Gasteiger partial charge on any atom is -0.462 e. The summed E-state index contributed by atoms with van der Waals surface area (Å²) in [6, 6.07) is 6.55. The lowest BCUT2D eigenvalue weighted by Crippen LogP contribution is -2.21. The van der Waals surface area contributed by atoms with Crippen molar-refractivity contribution in [1.82, 2.24) is 0 Å². The lowest BCUT2D eigenvalue weighted by Gasteiger charge is -2.12. The van der Waals surface area contributed by atoms with E-state index in [0.29, 0.717) is 17.9 Å². The maximum Gasteiger partial charge on any atom is 0.338 e. The van der Waals surface area contributed by atoms with Crippen LogP contribution in [0.2, 0.25) is 0 Å². The fourth-order valence-corrected chi connectivity index (χ4v) is 3.07. The number of benzene rings is 1. The van der Waals surface area contributed by atoms with Crippen molar-refractivity contribution in [3.8, 4) is 0 Å². The van der Waals surface area contributed by atoms with E-state index in [0.717, 1.165) is 0 Å². The molecule has 0 radical (unpaired) electrons. The minimum atomic E-state index is -3.09. The van der Waals surface area contributed by atoms with Crippen LogP contribution in [0.5, 0.6) is 0 Å². The van der Waals surface area contributed by atoms with Gasteiger partial charge in [0.25, 0.3) is 0 Å². The number of nitrogens with one attached hydrogen (secondary N) is 1. The van der Waals surface area contributed by atoms with Crippen molar-refractivity contribution in [3.05, 3.63) is 41.3 Å². The van der Waals surface area contributed by atoms with Crippen LogP contribution in [-0.2, 0) is 14.6 Å². The molecule has 6 heteroatoms.